The van der Waals surface area contributed by atoms with Gasteiger partial charge in [-0.3, -0.25) is 4.99 Å². The summed E-state index contributed by atoms with van der Waals surface area (Å²) in [5.41, 5.74) is 1.01. The highest BCUT2D eigenvalue weighted by Gasteiger charge is 2.28. The quantitative estimate of drug-likeness (QED) is 0.575. The highest BCUT2D eigenvalue weighted by atomic mass is 32.2. The van der Waals surface area contributed by atoms with Gasteiger partial charge in [0.05, 0.1) is 4.90 Å². The maximum absolute atomic E-state index is 12.8. The first-order chi connectivity index (χ1) is 12.7. The normalized spacial score (nSPS) is 20.5. The summed E-state index contributed by atoms with van der Waals surface area (Å²) < 4.78 is 27.3. The van der Waals surface area contributed by atoms with E-state index in [9.17, 15) is 8.42 Å². The third-order valence-electron chi connectivity index (χ3n) is 5.23. The third kappa shape index (κ3) is 5.94. The lowest BCUT2D eigenvalue weighted by Crippen LogP contribution is -2.43. The summed E-state index contributed by atoms with van der Waals surface area (Å²) in [5, 5.41) is 6.63. The molecular weight excluding hydrogens is 360 g/mol. The van der Waals surface area contributed by atoms with Gasteiger partial charge >= 0.3 is 0 Å². The molecule has 1 aromatic carbocycles. The molecule has 1 heterocycles. The van der Waals surface area contributed by atoms with E-state index in [1.807, 2.05) is 12.1 Å². The second-order valence-corrected chi connectivity index (χ2v) is 9.80. The summed E-state index contributed by atoms with van der Waals surface area (Å²) in [6, 6.07) is 7.46. The number of hydrogen-bond donors (Lipinski definition) is 2. The first-order valence-electron chi connectivity index (χ1n) is 9.80. The van der Waals surface area contributed by atoms with E-state index < -0.39 is 10.0 Å². The number of benzene rings is 1. The van der Waals surface area contributed by atoms with E-state index in [1.165, 1.54) is 0 Å². The Bertz CT molecular complexity index is 729. The predicted octanol–water partition coefficient (Wildman–Crippen LogP) is 2.82. The topological polar surface area (TPSA) is 73.8 Å². The van der Waals surface area contributed by atoms with Crippen LogP contribution in [0.5, 0.6) is 0 Å². The summed E-state index contributed by atoms with van der Waals surface area (Å²) in [4.78, 5) is 4.61. The molecule has 1 aromatic rings. The van der Waals surface area contributed by atoms with Gasteiger partial charge in [0.25, 0.3) is 0 Å². The third-order valence-corrected chi connectivity index (χ3v) is 7.11. The molecule has 2 atom stereocenters. The van der Waals surface area contributed by atoms with Gasteiger partial charge in [0.15, 0.2) is 5.96 Å². The summed E-state index contributed by atoms with van der Waals surface area (Å²) in [5.74, 6) is 1.67. The predicted molar refractivity (Wildman–Crippen MR) is 111 cm³/mol. The number of hydrogen-bond acceptors (Lipinski definition) is 3. The van der Waals surface area contributed by atoms with Gasteiger partial charge in [-0.05, 0) is 49.3 Å². The molecule has 0 aromatic heterocycles. The van der Waals surface area contributed by atoms with Crippen LogP contribution >= 0.6 is 0 Å². The van der Waals surface area contributed by atoms with E-state index in [1.54, 1.807) is 23.5 Å². The molecule has 2 unspecified atom stereocenters. The molecule has 27 heavy (non-hydrogen) atoms. The van der Waals surface area contributed by atoms with Crippen molar-refractivity contribution in [3.63, 3.8) is 0 Å². The lowest BCUT2D eigenvalue weighted by molar-refractivity contribution is 0.281. The first kappa shape index (κ1) is 21.7. The van der Waals surface area contributed by atoms with Crippen molar-refractivity contribution < 1.29 is 8.42 Å². The number of rotatable bonds is 6. The zero-order valence-corrected chi connectivity index (χ0v) is 18.0. The molecule has 7 heteroatoms. The molecule has 2 rings (SSSR count). The van der Waals surface area contributed by atoms with Crippen LogP contribution in [-0.2, 0) is 16.6 Å². The highest BCUT2D eigenvalue weighted by molar-refractivity contribution is 7.89. The molecule has 0 amide bonds. The van der Waals surface area contributed by atoms with Gasteiger partial charge in [-0.2, -0.15) is 4.31 Å². The molecule has 2 N–H and O–H groups in total. The first-order valence-corrected chi connectivity index (χ1v) is 11.2. The van der Waals surface area contributed by atoms with Crippen LogP contribution < -0.4 is 10.6 Å². The summed E-state index contributed by atoms with van der Waals surface area (Å²) in [6.45, 7) is 10.4. The molecule has 1 fully saturated rings. The van der Waals surface area contributed by atoms with E-state index in [2.05, 4.69) is 43.3 Å². The minimum atomic E-state index is -3.40. The van der Waals surface area contributed by atoms with Crippen LogP contribution in [-0.4, -0.2) is 44.9 Å². The minimum Gasteiger partial charge on any atom is -0.354 e. The van der Waals surface area contributed by atoms with Crippen molar-refractivity contribution in [3.05, 3.63) is 29.8 Å². The lowest BCUT2D eigenvalue weighted by Gasteiger charge is -2.30. The van der Waals surface area contributed by atoms with Gasteiger partial charge in [0.1, 0.15) is 0 Å². The van der Waals surface area contributed by atoms with Crippen LogP contribution in [0.4, 0.5) is 0 Å². The van der Waals surface area contributed by atoms with Crippen molar-refractivity contribution in [2.75, 3.05) is 20.1 Å². The molecule has 6 nitrogen and oxygen atoms in total. The fraction of sp³-hybridized carbons (Fsp3) is 0.650. The maximum atomic E-state index is 12.8. The summed E-state index contributed by atoms with van der Waals surface area (Å²) >= 11 is 0. The molecule has 0 radical (unpaired) electrons. The fourth-order valence-electron chi connectivity index (χ4n) is 3.06. The lowest BCUT2D eigenvalue weighted by atomic mass is 10.0. The number of aliphatic imine (C=N–C) groups is 1. The zero-order chi connectivity index (χ0) is 20.0. The molecule has 1 aliphatic heterocycles. The molecular formula is C20H34N4O2S. The minimum absolute atomic E-state index is 0.315. The monoisotopic (exact) mass is 394 g/mol. The molecule has 1 saturated heterocycles. The van der Waals surface area contributed by atoms with Crippen molar-refractivity contribution in [2.24, 2.45) is 16.8 Å². The van der Waals surface area contributed by atoms with Gasteiger partial charge in [0.2, 0.25) is 10.0 Å². The van der Waals surface area contributed by atoms with Crippen LogP contribution in [0.3, 0.4) is 0 Å². The van der Waals surface area contributed by atoms with Gasteiger partial charge in [0, 0.05) is 32.7 Å². The molecule has 0 aliphatic carbocycles. The summed E-state index contributed by atoms with van der Waals surface area (Å²) in [7, 11) is -1.65. The van der Waals surface area contributed by atoms with E-state index >= 15 is 0 Å². The Balaban J connectivity index is 1.98. The highest BCUT2D eigenvalue weighted by Crippen LogP contribution is 2.23. The SMILES string of the molecule is CN=C(NCc1ccc(S(=O)(=O)N2CCCC(C)C2)cc1)NC(C)C(C)C. The smallest absolute Gasteiger partial charge is 0.243 e. The van der Waals surface area contributed by atoms with Crippen molar-refractivity contribution in [2.45, 2.75) is 58.0 Å². The van der Waals surface area contributed by atoms with Crippen molar-refractivity contribution in [1.82, 2.24) is 14.9 Å². The van der Waals surface area contributed by atoms with Crippen molar-refractivity contribution in [3.8, 4) is 0 Å². The summed E-state index contributed by atoms with van der Waals surface area (Å²) in [6.07, 6.45) is 2.03. The fourth-order valence-corrected chi connectivity index (χ4v) is 4.65. The largest absolute Gasteiger partial charge is 0.354 e. The molecule has 0 saturated carbocycles. The van der Waals surface area contributed by atoms with Crippen LogP contribution in [0, 0.1) is 11.8 Å². The Labute approximate surface area is 164 Å². The van der Waals surface area contributed by atoms with Gasteiger partial charge in [-0.25, -0.2) is 8.42 Å². The van der Waals surface area contributed by atoms with Crippen LogP contribution in [0.25, 0.3) is 0 Å². The Hall–Kier alpha value is -1.60. The maximum Gasteiger partial charge on any atom is 0.243 e. The average molecular weight is 395 g/mol. The number of nitrogens with one attached hydrogen (secondary N) is 2. The zero-order valence-electron chi connectivity index (χ0n) is 17.2. The Kier molecular flexibility index (Phi) is 7.68. The average Bonchev–Trinajstić information content (AvgIpc) is 2.65. The van der Waals surface area contributed by atoms with Gasteiger partial charge in [-0.1, -0.05) is 32.9 Å². The molecule has 0 spiro atoms. The second-order valence-electron chi connectivity index (χ2n) is 7.86. The molecule has 1 aliphatic rings. The van der Waals surface area contributed by atoms with Crippen molar-refractivity contribution >= 4 is 16.0 Å². The second kappa shape index (κ2) is 9.55. The number of nitrogens with zero attached hydrogens (tertiary/aromatic N) is 2. The molecule has 0 bridgehead atoms. The van der Waals surface area contributed by atoms with E-state index in [4.69, 9.17) is 0 Å². The Morgan fingerprint density at radius 3 is 2.48 bits per heavy atom. The van der Waals surface area contributed by atoms with Gasteiger partial charge < -0.3 is 10.6 Å². The number of guanidine groups is 1. The van der Waals surface area contributed by atoms with Crippen LogP contribution in [0.15, 0.2) is 34.2 Å². The van der Waals surface area contributed by atoms with Crippen molar-refractivity contribution in [1.29, 1.82) is 0 Å². The van der Waals surface area contributed by atoms with E-state index in [0.29, 0.717) is 42.4 Å². The Morgan fingerprint density at radius 1 is 1.26 bits per heavy atom. The van der Waals surface area contributed by atoms with Crippen LogP contribution in [0.1, 0.15) is 46.1 Å². The van der Waals surface area contributed by atoms with E-state index in [-0.39, 0.29) is 0 Å². The number of sulfonamides is 1. The standard InChI is InChI=1S/C20H34N4O2S/c1-15(2)17(4)23-20(21-5)22-13-18-8-10-19(11-9-18)27(25,26)24-12-6-7-16(3)14-24/h8-11,15-17H,6-7,12-14H2,1-5H3,(H2,21,22,23). The van der Waals surface area contributed by atoms with Crippen LogP contribution in [0.2, 0.25) is 0 Å². The molecule has 152 valence electrons. The number of piperidine rings is 1. The van der Waals surface area contributed by atoms with E-state index in [0.717, 1.165) is 24.4 Å². The van der Waals surface area contributed by atoms with Gasteiger partial charge in [-0.15, -0.1) is 0 Å². The Morgan fingerprint density at radius 2 is 1.93 bits per heavy atom.